The lowest BCUT2D eigenvalue weighted by Gasteiger charge is -2.05. The van der Waals surface area contributed by atoms with Gasteiger partial charge in [-0.1, -0.05) is 11.6 Å². The first-order chi connectivity index (χ1) is 10.5. The van der Waals surface area contributed by atoms with Crippen LogP contribution in [-0.4, -0.2) is 20.5 Å². The molecule has 2 aromatic heterocycles. The largest absolute Gasteiger partial charge is 0.506 e. The number of thiazole rings is 1. The summed E-state index contributed by atoms with van der Waals surface area (Å²) in [4.78, 5) is 28.5. The number of aromatic nitrogens is 2. The predicted octanol–water partition coefficient (Wildman–Crippen LogP) is 2.47. The van der Waals surface area contributed by atoms with Crippen molar-refractivity contribution in [2.75, 3.05) is 0 Å². The number of fused-ring (bicyclic) bond motifs is 1. The number of halogens is 1. The minimum Gasteiger partial charge on any atom is -0.506 e. The summed E-state index contributed by atoms with van der Waals surface area (Å²) in [7, 11) is 0. The normalized spacial score (nSPS) is 10.8. The lowest BCUT2D eigenvalue weighted by molar-refractivity contribution is 0.0467. The predicted molar refractivity (Wildman–Crippen MR) is 81.6 cm³/mol. The van der Waals surface area contributed by atoms with Crippen molar-refractivity contribution in [1.82, 2.24) is 9.38 Å². The molecule has 8 heteroatoms. The number of hydrogen-bond acceptors (Lipinski definition) is 6. The van der Waals surface area contributed by atoms with Gasteiger partial charge in [-0.25, -0.2) is 9.78 Å². The highest BCUT2D eigenvalue weighted by Gasteiger charge is 2.11. The quantitative estimate of drug-likeness (QED) is 0.743. The molecule has 0 radical (unpaired) electrons. The SMILES string of the molecule is O=C(OCc1cc(=O)n2ccsc2n1)c1ccc(Cl)c(O)c1. The zero-order valence-corrected chi connectivity index (χ0v) is 12.6. The molecule has 6 nitrogen and oxygen atoms in total. The molecule has 0 bridgehead atoms. The van der Waals surface area contributed by atoms with Gasteiger partial charge < -0.3 is 9.84 Å². The number of ether oxygens (including phenoxy) is 1. The summed E-state index contributed by atoms with van der Waals surface area (Å²) in [6.07, 6.45) is 1.63. The summed E-state index contributed by atoms with van der Waals surface area (Å²) in [5.41, 5.74) is 0.288. The van der Waals surface area contributed by atoms with Crippen LogP contribution >= 0.6 is 22.9 Å². The highest BCUT2D eigenvalue weighted by Crippen LogP contribution is 2.24. The van der Waals surface area contributed by atoms with E-state index in [1.807, 2.05) is 0 Å². The Kier molecular flexibility index (Phi) is 3.82. The number of aromatic hydroxyl groups is 1. The molecule has 0 spiro atoms. The lowest BCUT2D eigenvalue weighted by Crippen LogP contribution is -2.14. The molecule has 3 aromatic rings. The van der Waals surface area contributed by atoms with Crippen LogP contribution in [0.2, 0.25) is 5.02 Å². The first-order valence-corrected chi connectivity index (χ1v) is 7.42. The molecule has 22 heavy (non-hydrogen) atoms. The van der Waals surface area contributed by atoms with Crippen LogP contribution in [0, 0.1) is 0 Å². The summed E-state index contributed by atoms with van der Waals surface area (Å²) >= 11 is 6.99. The van der Waals surface area contributed by atoms with E-state index in [1.54, 1.807) is 11.6 Å². The summed E-state index contributed by atoms with van der Waals surface area (Å²) in [5, 5.41) is 11.4. The number of hydrogen-bond donors (Lipinski definition) is 1. The van der Waals surface area contributed by atoms with E-state index < -0.39 is 5.97 Å². The van der Waals surface area contributed by atoms with Crippen molar-refractivity contribution in [2.24, 2.45) is 0 Å². The van der Waals surface area contributed by atoms with Crippen LogP contribution in [0.4, 0.5) is 0 Å². The van der Waals surface area contributed by atoms with Crippen molar-refractivity contribution in [3.05, 3.63) is 62.5 Å². The average Bonchev–Trinajstić information content (AvgIpc) is 2.96. The fourth-order valence-corrected chi connectivity index (χ4v) is 2.68. The molecular formula is C14H9ClN2O4S. The number of carbonyl (C=O) groups excluding carboxylic acids is 1. The Bertz CT molecular complexity index is 919. The van der Waals surface area contributed by atoms with E-state index >= 15 is 0 Å². The maximum atomic E-state index is 11.9. The molecule has 1 N–H and O–H groups in total. The summed E-state index contributed by atoms with van der Waals surface area (Å²) in [6, 6.07) is 5.37. The van der Waals surface area contributed by atoms with Crippen LogP contribution in [0.15, 0.2) is 40.6 Å². The van der Waals surface area contributed by atoms with Gasteiger partial charge in [-0.15, -0.1) is 11.3 Å². The Hall–Kier alpha value is -2.38. The van der Waals surface area contributed by atoms with Gasteiger partial charge in [0.2, 0.25) is 0 Å². The van der Waals surface area contributed by atoms with Crippen LogP contribution in [0.1, 0.15) is 16.1 Å². The Morgan fingerprint density at radius 1 is 1.41 bits per heavy atom. The highest BCUT2D eigenvalue weighted by atomic mass is 35.5. The second-order valence-corrected chi connectivity index (χ2v) is 5.66. The van der Waals surface area contributed by atoms with E-state index in [0.29, 0.717) is 10.7 Å². The molecule has 0 fully saturated rings. The molecular weight excluding hydrogens is 328 g/mol. The van der Waals surface area contributed by atoms with Gasteiger partial charge >= 0.3 is 5.97 Å². The minimum atomic E-state index is -0.639. The average molecular weight is 337 g/mol. The number of rotatable bonds is 3. The Morgan fingerprint density at radius 2 is 2.23 bits per heavy atom. The molecule has 112 valence electrons. The van der Waals surface area contributed by atoms with Crippen LogP contribution in [0.5, 0.6) is 5.75 Å². The molecule has 0 amide bonds. The maximum absolute atomic E-state index is 11.9. The lowest BCUT2D eigenvalue weighted by atomic mass is 10.2. The van der Waals surface area contributed by atoms with Gasteiger partial charge in [0.15, 0.2) is 4.96 Å². The topological polar surface area (TPSA) is 80.9 Å². The summed E-state index contributed by atoms with van der Waals surface area (Å²) in [5.74, 6) is -0.840. The van der Waals surface area contributed by atoms with Gasteiger partial charge in [0.25, 0.3) is 5.56 Å². The van der Waals surface area contributed by atoms with Crippen molar-refractivity contribution in [3.8, 4) is 5.75 Å². The van der Waals surface area contributed by atoms with Gasteiger partial charge in [0.05, 0.1) is 16.3 Å². The second-order valence-electron chi connectivity index (χ2n) is 4.38. The Morgan fingerprint density at radius 3 is 3.00 bits per heavy atom. The number of esters is 1. The van der Waals surface area contributed by atoms with E-state index in [9.17, 15) is 14.7 Å². The van der Waals surface area contributed by atoms with Crippen molar-refractivity contribution in [2.45, 2.75) is 6.61 Å². The third-order valence-corrected chi connectivity index (χ3v) is 3.97. The summed E-state index contributed by atoms with van der Waals surface area (Å²) in [6.45, 7) is -0.133. The molecule has 2 heterocycles. The molecule has 0 aliphatic carbocycles. The zero-order chi connectivity index (χ0) is 15.7. The second kappa shape index (κ2) is 5.78. The van der Waals surface area contributed by atoms with Gasteiger partial charge in [-0.2, -0.15) is 0 Å². The van der Waals surface area contributed by atoms with Gasteiger partial charge in [0.1, 0.15) is 12.4 Å². The highest BCUT2D eigenvalue weighted by molar-refractivity contribution is 7.15. The van der Waals surface area contributed by atoms with Crippen LogP contribution in [0.3, 0.4) is 0 Å². The van der Waals surface area contributed by atoms with Crippen molar-refractivity contribution >= 4 is 33.9 Å². The number of nitrogens with zero attached hydrogens (tertiary/aromatic N) is 2. The monoisotopic (exact) mass is 336 g/mol. The van der Waals surface area contributed by atoms with Crippen molar-refractivity contribution < 1.29 is 14.6 Å². The fraction of sp³-hybridized carbons (Fsp3) is 0.0714. The molecule has 0 aliphatic rings. The molecule has 0 saturated carbocycles. The third kappa shape index (κ3) is 2.81. The van der Waals surface area contributed by atoms with Crippen LogP contribution in [0.25, 0.3) is 4.96 Å². The fourth-order valence-electron chi connectivity index (χ4n) is 1.82. The standard InChI is InChI=1S/C14H9ClN2O4S/c15-10-2-1-8(5-11(10)18)13(20)21-7-9-6-12(19)17-3-4-22-14(17)16-9/h1-6,18H,7H2. The van der Waals surface area contributed by atoms with Crippen LogP contribution < -0.4 is 5.56 Å². The maximum Gasteiger partial charge on any atom is 0.338 e. The van der Waals surface area contributed by atoms with E-state index in [4.69, 9.17) is 16.3 Å². The Balaban J connectivity index is 1.76. The Labute approximate surface area is 133 Å². The first-order valence-electron chi connectivity index (χ1n) is 6.16. The molecule has 0 unspecified atom stereocenters. The molecule has 1 aromatic carbocycles. The summed E-state index contributed by atoms with van der Waals surface area (Å²) < 4.78 is 6.50. The number of phenols is 1. The first kappa shape index (κ1) is 14.6. The minimum absolute atomic E-state index is 0.133. The van der Waals surface area contributed by atoms with Gasteiger partial charge in [-0.05, 0) is 18.2 Å². The number of benzene rings is 1. The van der Waals surface area contributed by atoms with Crippen molar-refractivity contribution in [3.63, 3.8) is 0 Å². The molecule has 0 aliphatic heterocycles. The van der Waals surface area contributed by atoms with E-state index in [-0.39, 0.29) is 28.5 Å². The molecule has 0 saturated heterocycles. The van der Waals surface area contributed by atoms with Crippen molar-refractivity contribution in [1.29, 1.82) is 0 Å². The van der Waals surface area contributed by atoms with Gasteiger partial charge in [-0.3, -0.25) is 9.20 Å². The van der Waals surface area contributed by atoms with E-state index in [0.717, 1.165) is 0 Å². The number of phenolic OH excluding ortho intramolecular Hbond substituents is 1. The molecule has 0 atom stereocenters. The smallest absolute Gasteiger partial charge is 0.338 e. The number of carbonyl (C=O) groups is 1. The van der Waals surface area contributed by atoms with E-state index in [1.165, 1.54) is 40.0 Å². The van der Waals surface area contributed by atoms with E-state index in [2.05, 4.69) is 4.98 Å². The van der Waals surface area contributed by atoms with Crippen LogP contribution in [-0.2, 0) is 11.3 Å². The molecule has 3 rings (SSSR count). The zero-order valence-electron chi connectivity index (χ0n) is 11.0. The van der Waals surface area contributed by atoms with Gasteiger partial charge in [0, 0.05) is 17.6 Å². The third-order valence-electron chi connectivity index (χ3n) is 2.89.